The highest BCUT2D eigenvalue weighted by Crippen LogP contribution is 2.31. The third-order valence-corrected chi connectivity index (χ3v) is 13.5. The number of piperazine rings is 1. The molecule has 15 heteroatoms. The number of hydrogen-bond acceptors (Lipinski definition) is 11. The number of thioether (sulfide) groups is 1. The lowest BCUT2D eigenvalue weighted by Crippen LogP contribution is -2.46. The van der Waals surface area contributed by atoms with Crippen LogP contribution in [0.3, 0.4) is 0 Å². The maximum Gasteiger partial charge on any atom is 0.293 e. The number of likely N-dealkylation sites (tertiary alicyclic amines) is 1. The minimum Gasteiger partial charge on any atom is -0.392 e. The zero-order valence-corrected chi connectivity index (χ0v) is 34.8. The van der Waals surface area contributed by atoms with Crippen molar-refractivity contribution in [3.05, 3.63) is 148 Å². The highest BCUT2D eigenvalue weighted by Gasteiger charge is 2.27. The van der Waals surface area contributed by atoms with E-state index in [0.717, 1.165) is 61.5 Å². The van der Waals surface area contributed by atoms with Gasteiger partial charge < -0.3 is 20.2 Å². The molecular formula is C44H47ClN6O6S2. The fourth-order valence-corrected chi connectivity index (χ4v) is 9.59. The van der Waals surface area contributed by atoms with Crippen LogP contribution in [0.1, 0.15) is 28.8 Å². The van der Waals surface area contributed by atoms with Gasteiger partial charge in [0, 0.05) is 91.4 Å². The summed E-state index contributed by atoms with van der Waals surface area (Å²) >= 11 is 7.73. The molecule has 5 aromatic rings. The first kappa shape index (κ1) is 42.2. The molecule has 59 heavy (non-hydrogen) atoms. The van der Waals surface area contributed by atoms with Crippen LogP contribution in [0.25, 0.3) is 11.1 Å². The Bertz CT molecular complexity index is 2330. The molecule has 0 unspecified atom stereocenters. The number of nitro groups is 1. The average Bonchev–Trinajstić information content (AvgIpc) is 3.67. The van der Waals surface area contributed by atoms with Crippen LogP contribution in [-0.4, -0.2) is 97.9 Å². The van der Waals surface area contributed by atoms with Gasteiger partial charge in [-0.25, -0.2) is 13.1 Å². The summed E-state index contributed by atoms with van der Waals surface area (Å²) in [4.78, 5) is 32.3. The smallest absolute Gasteiger partial charge is 0.293 e. The topological polar surface area (TPSA) is 148 Å². The Morgan fingerprint density at radius 1 is 0.881 bits per heavy atom. The molecule has 7 rings (SSSR count). The molecule has 2 aliphatic rings. The normalized spacial score (nSPS) is 16.8. The third kappa shape index (κ3) is 11.2. The maximum absolute atomic E-state index is 13.4. The summed E-state index contributed by atoms with van der Waals surface area (Å²) in [5, 5.41) is 26.3. The van der Waals surface area contributed by atoms with Crippen LogP contribution >= 0.6 is 23.4 Å². The molecule has 2 saturated heterocycles. The standard InChI is InChI=1S/C44H47ClN6O6S2/c45-35-14-10-32(11-15-35)41-9-5-4-6-34(41)29-49-24-26-50(27-25-49)37-16-12-33(13-17-37)44(53)47-59(56,57)40-18-19-42(43(28-40)51(54)55)46-36(20-22-48-23-21-38(52)30-48)31-58-39-7-2-1-3-8-39/h1-19,28,36,38,46,52H,20-27,29-31H2,(H,47,53)/t36-,38+/m1/s1. The number of nitrogens with zero attached hydrogens (tertiary/aromatic N) is 4. The van der Waals surface area contributed by atoms with Gasteiger partial charge in [0.2, 0.25) is 0 Å². The van der Waals surface area contributed by atoms with E-state index in [-0.39, 0.29) is 23.4 Å². The number of carbonyl (C=O) groups excluding carboxylic acids is 1. The van der Waals surface area contributed by atoms with E-state index >= 15 is 0 Å². The molecule has 0 aromatic heterocycles. The first-order valence-electron chi connectivity index (χ1n) is 19.6. The second kappa shape index (κ2) is 19.4. The average molecular weight is 855 g/mol. The van der Waals surface area contributed by atoms with E-state index in [1.54, 1.807) is 36.0 Å². The third-order valence-electron chi connectivity index (χ3n) is 10.7. The lowest BCUT2D eigenvalue weighted by Gasteiger charge is -2.36. The first-order chi connectivity index (χ1) is 28.5. The molecule has 5 aromatic carbocycles. The van der Waals surface area contributed by atoms with Gasteiger partial charge in [-0.3, -0.25) is 19.8 Å². The minimum absolute atomic E-state index is 0.145. The Balaban J connectivity index is 0.958. The zero-order chi connectivity index (χ0) is 41.4. The van der Waals surface area contributed by atoms with Crippen LogP contribution in [0.5, 0.6) is 0 Å². The van der Waals surface area contributed by atoms with E-state index in [1.807, 2.05) is 60.7 Å². The highest BCUT2D eigenvalue weighted by atomic mass is 35.5. The molecule has 308 valence electrons. The zero-order valence-electron chi connectivity index (χ0n) is 32.5. The fraction of sp³-hybridized carbons (Fsp3) is 0.295. The van der Waals surface area contributed by atoms with Crippen LogP contribution < -0.4 is 14.9 Å². The number of hydrogen-bond donors (Lipinski definition) is 3. The summed E-state index contributed by atoms with van der Waals surface area (Å²) in [7, 11) is -4.46. The Morgan fingerprint density at radius 2 is 1.59 bits per heavy atom. The molecule has 1 amide bonds. The number of halogens is 1. The van der Waals surface area contributed by atoms with Crippen LogP contribution in [0, 0.1) is 10.1 Å². The number of nitrogens with one attached hydrogen (secondary N) is 2. The van der Waals surface area contributed by atoms with Crippen LogP contribution in [0.15, 0.2) is 131 Å². The van der Waals surface area contributed by atoms with Gasteiger partial charge in [-0.15, -0.1) is 11.8 Å². The molecule has 2 fully saturated rings. The Hall–Kier alpha value is -4.96. The van der Waals surface area contributed by atoms with Gasteiger partial charge in [-0.05, 0) is 90.2 Å². The van der Waals surface area contributed by atoms with Crippen molar-refractivity contribution in [3.63, 3.8) is 0 Å². The lowest BCUT2D eigenvalue weighted by atomic mass is 9.99. The minimum atomic E-state index is -4.46. The lowest BCUT2D eigenvalue weighted by molar-refractivity contribution is -0.384. The SMILES string of the molecule is O=C(NS(=O)(=O)c1ccc(N[C@H](CCN2CC[C@H](O)C2)CSc2ccccc2)c([N+](=O)[O-])c1)c1ccc(N2CCN(Cc3ccccc3-c3ccc(Cl)cc3)CC2)cc1. The number of benzene rings is 5. The van der Waals surface area contributed by atoms with E-state index < -0.39 is 31.4 Å². The highest BCUT2D eigenvalue weighted by molar-refractivity contribution is 7.99. The summed E-state index contributed by atoms with van der Waals surface area (Å²) in [6.07, 6.45) is 1.00. The first-order valence-corrected chi connectivity index (χ1v) is 22.5. The van der Waals surface area contributed by atoms with E-state index in [9.17, 15) is 28.4 Å². The number of aliphatic hydroxyl groups is 1. The number of carbonyl (C=O) groups is 1. The molecule has 12 nitrogen and oxygen atoms in total. The van der Waals surface area contributed by atoms with Crippen LogP contribution in [-0.2, 0) is 16.6 Å². The molecule has 2 atom stereocenters. The van der Waals surface area contributed by atoms with Crippen molar-refractivity contribution in [1.29, 1.82) is 0 Å². The predicted octanol–water partition coefficient (Wildman–Crippen LogP) is 7.39. The van der Waals surface area contributed by atoms with Crippen molar-refractivity contribution in [2.24, 2.45) is 0 Å². The molecule has 2 heterocycles. The predicted molar refractivity (Wildman–Crippen MR) is 235 cm³/mol. The molecule has 0 aliphatic carbocycles. The molecule has 0 bridgehead atoms. The van der Waals surface area contributed by atoms with E-state index in [2.05, 4.69) is 42.9 Å². The van der Waals surface area contributed by atoms with Crippen LogP contribution in [0.4, 0.5) is 17.1 Å². The van der Waals surface area contributed by atoms with Crippen molar-refractivity contribution in [2.45, 2.75) is 41.3 Å². The number of rotatable bonds is 16. The maximum atomic E-state index is 13.4. The number of amides is 1. The van der Waals surface area contributed by atoms with Crippen molar-refractivity contribution >= 4 is 56.4 Å². The summed E-state index contributed by atoms with van der Waals surface area (Å²) in [5.41, 5.74) is 4.37. The summed E-state index contributed by atoms with van der Waals surface area (Å²) in [5.74, 6) is -0.237. The van der Waals surface area contributed by atoms with Crippen molar-refractivity contribution < 1.29 is 23.2 Å². The van der Waals surface area contributed by atoms with Crippen LogP contribution in [0.2, 0.25) is 5.02 Å². The van der Waals surface area contributed by atoms with E-state index in [0.29, 0.717) is 36.7 Å². The second-order valence-electron chi connectivity index (χ2n) is 14.8. The summed E-state index contributed by atoms with van der Waals surface area (Å²) in [6.45, 7) is 6.10. The number of aliphatic hydroxyl groups excluding tert-OH is 1. The van der Waals surface area contributed by atoms with Crippen molar-refractivity contribution in [3.8, 4) is 11.1 Å². The molecule has 3 N–H and O–H groups in total. The molecule has 0 spiro atoms. The summed E-state index contributed by atoms with van der Waals surface area (Å²) < 4.78 is 28.9. The number of β-amino-alcohol motifs (C(OH)–C–C–N with tert-alkyl or cyclic N) is 1. The quantitative estimate of drug-likeness (QED) is 0.0519. The molecule has 2 aliphatic heterocycles. The Kier molecular flexibility index (Phi) is 13.9. The molecular weight excluding hydrogens is 808 g/mol. The van der Waals surface area contributed by atoms with E-state index in [4.69, 9.17) is 11.6 Å². The van der Waals surface area contributed by atoms with Gasteiger partial charge in [0.1, 0.15) is 5.69 Å². The Labute approximate surface area is 354 Å². The number of anilines is 2. The molecule has 0 saturated carbocycles. The van der Waals surface area contributed by atoms with Gasteiger partial charge >= 0.3 is 0 Å². The fourth-order valence-electron chi connectivity index (χ4n) is 7.47. The summed E-state index contributed by atoms with van der Waals surface area (Å²) in [6, 6.07) is 36.3. The molecule has 0 radical (unpaired) electrons. The largest absolute Gasteiger partial charge is 0.392 e. The van der Waals surface area contributed by atoms with Gasteiger partial charge in [-0.2, -0.15) is 0 Å². The van der Waals surface area contributed by atoms with Crippen molar-refractivity contribution in [1.82, 2.24) is 14.5 Å². The second-order valence-corrected chi connectivity index (χ2v) is 18.1. The number of sulfonamides is 1. The van der Waals surface area contributed by atoms with Gasteiger partial charge in [0.15, 0.2) is 0 Å². The Morgan fingerprint density at radius 3 is 2.29 bits per heavy atom. The van der Waals surface area contributed by atoms with Gasteiger partial charge in [0.25, 0.3) is 21.6 Å². The van der Waals surface area contributed by atoms with Crippen molar-refractivity contribution in [2.75, 3.05) is 61.8 Å². The van der Waals surface area contributed by atoms with Gasteiger partial charge in [-0.1, -0.05) is 66.2 Å². The monoisotopic (exact) mass is 854 g/mol. The van der Waals surface area contributed by atoms with Gasteiger partial charge in [0.05, 0.1) is 15.9 Å². The number of nitro benzene ring substituents is 1. The van der Waals surface area contributed by atoms with E-state index in [1.165, 1.54) is 23.3 Å².